The van der Waals surface area contributed by atoms with Gasteiger partial charge in [0, 0.05) is 50.9 Å². The molecule has 28 heavy (non-hydrogen) atoms. The molecule has 0 aliphatic heterocycles. The van der Waals surface area contributed by atoms with E-state index in [9.17, 15) is 0 Å². The van der Waals surface area contributed by atoms with Crippen molar-refractivity contribution in [2.24, 2.45) is 4.99 Å². The highest BCUT2D eigenvalue weighted by molar-refractivity contribution is 5.85. The Labute approximate surface area is 166 Å². The second-order valence-electron chi connectivity index (χ2n) is 6.74. The Hall–Kier alpha value is -3.15. The molecule has 6 heteroatoms. The molecule has 0 saturated heterocycles. The number of pyridine rings is 2. The van der Waals surface area contributed by atoms with Crippen molar-refractivity contribution in [1.29, 1.82) is 0 Å². The van der Waals surface area contributed by atoms with Gasteiger partial charge in [-0.2, -0.15) is 0 Å². The maximum absolute atomic E-state index is 4.79. The van der Waals surface area contributed by atoms with Gasteiger partial charge < -0.3 is 15.5 Å². The van der Waals surface area contributed by atoms with Gasteiger partial charge in [0.15, 0.2) is 5.96 Å². The fourth-order valence-corrected chi connectivity index (χ4v) is 2.95. The van der Waals surface area contributed by atoms with Crippen LogP contribution in [0.5, 0.6) is 0 Å². The van der Waals surface area contributed by atoms with Gasteiger partial charge in [-0.3, -0.25) is 4.98 Å². The number of hydrogen-bond donors (Lipinski definition) is 2. The molecule has 0 amide bonds. The lowest BCUT2D eigenvalue weighted by Gasteiger charge is -2.15. The second kappa shape index (κ2) is 9.69. The molecule has 3 aromatic rings. The first-order chi connectivity index (χ1) is 13.7. The summed E-state index contributed by atoms with van der Waals surface area (Å²) >= 11 is 0. The molecule has 0 unspecified atom stereocenters. The fourth-order valence-electron chi connectivity index (χ4n) is 2.95. The highest BCUT2D eigenvalue weighted by atomic mass is 15.2. The van der Waals surface area contributed by atoms with Gasteiger partial charge in [0.25, 0.3) is 0 Å². The van der Waals surface area contributed by atoms with E-state index in [1.165, 1.54) is 0 Å². The van der Waals surface area contributed by atoms with Crippen LogP contribution in [0.25, 0.3) is 10.9 Å². The van der Waals surface area contributed by atoms with Crippen molar-refractivity contribution < 1.29 is 0 Å². The third-order valence-electron chi connectivity index (χ3n) is 4.40. The molecule has 6 nitrogen and oxygen atoms in total. The molecule has 0 atom stereocenters. The molecule has 2 aromatic heterocycles. The van der Waals surface area contributed by atoms with Crippen molar-refractivity contribution in [3.63, 3.8) is 0 Å². The fraction of sp³-hybridized carbons (Fsp3) is 0.318. The van der Waals surface area contributed by atoms with Gasteiger partial charge in [-0.1, -0.05) is 24.3 Å². The smallest absolute Gasteiger partial charge is 0.191 e. The third-order valence-corrected chi connectivity index (χ3v) is 4.40. The van der Waals surface area contributed by atoms with Crippen LogP contribution in [0.2, 0.25) is 0 Å². The number of nitrogens with one attached hydrogen (secondary N) is 2. The summed E-state index contributed by atoms with van der Waals surface area (Å²) in [5.41, 5.74) is 3.23. The molecule has 146 valence electrons. The number of guanidine groups is 1. The predicted molar refractivity (Wildman–Crippen MR) is 117 cm³/mol. The number of aliphatic imine (C=N–C) groups is 1. The lowest BCUT2D eigenvalue weighted by molar-refractivity contribution is 0.788. The molecule has 0 saturated carbocycles. The van der Waals surface area contributed by atoms with Crippen LogP contribution < -0.4 is 15.5 Å². The standard InChI is InChI=1S/C22H28N6/c1-4-23-22(25-14-12-18-9-7-8-13-24-18)26-16-17-15-21(28(2)3)27-20-11-6-5-10-19(17)20/h5-11,13,15H,4,12,14,16H2,1-3H3,(H2,23,25,26). The van der Waals surface area contributed by atoms with Crippen molar-refractivity contribution in [2.45, 2.75) is 19.9 Å². The molecule has 0 aliphatic rings. The summed E-state index contributed by atoms with van der Waals surface area (Å²) in [6.07, 6.45) is 2.68. The van der Waals surface area contributed by atoms with Crippen molar-refractivity contribution >= 4 is 22.7 Å². The number of hydrogen-bond acceptors (Lipinski definition) is 4. The Bertz CT molecular complexity index is 921. The Morgan fingerprint density at radius 3 is 2.64 bits per heavy atom. The van der Waals surface area contributed by atoms with Gasteiger partial charge in [-0.15, -0.1) is 0 Å². The lowest BCUT2D eigenvalue weighted by Crippen LogP contribution is -2.38. The molecular weight excluding hydrogens is 348 g/mol. The minimum Gasteiger partial charge on any atom is -0.363 e. The SMILES string of the molecule is CCNC(=NCc1cc(N(C)C)nc2ccccc12)NCCc1ccccn1. The van der Waals surface area contributed by atoms with Crippen molar-refractivity contribution in [3.05, 3.63) is 66.0 Å². The third kappa shape index (κ3) is 5.19. The van der Waals surface area contributed by atoms with E-state index in [0.29, 0.717) is 6.54 Å². The van der Waals surface area contributed by atoms with Crippen molar-refractivity contribution in [3.8, 4) is 0 Å². The molecule has 1 aromatic carbocycles. The quantitative estimate of drug-likeness (QED) is 0.490. The molecule has 0 aliphatic carbocycles. The zero-order valence-electron chi connectivity index (χ0n) is 16.8. The van der Waals surface area contributed by atoms with E-state index >= 15 is 0 Å². The van der Waals surface area contributed by atoms with Gasteiger partial charge in [0.2, 0.25) is 0 Å². The van der Waals surface area contributed by atoms with E-state index < -0.39 is 0 Å². The highest BCUT2D eigenvalue weighted by Gasteiger charge is 2.07. The summed E-state index contributed by atoms with van der Waals surface area (Å²) in [6, 6.07) is 16.3. The molecule has 0 radical (unpaired) electrons. The van der Waals surface area contributed by atoms with Gasteiger partial charge >= 0.3 is 0 Å². The number of rotatable bonds is 7. The van der Waals surface area contributed by atoms with E-state index in [-0.39, 0.29) is 0 Å². The maximum Gasteiger partial charge on any atom is 0.191 e. The normalized spacial score (nSPS) is 11.5. The Morgan fingerprint density at radius 1 is 1.07 bits per heavy atom. The first kappa shape index (κ1) is 19.6. The molecule has 0 bridgehead atoms. The Balaban J connectivity index is 1.75. The molecule has 2 heterocycles. The van der Waals surface area contributed by atoms with Crippen LogP contribution in [-0.2, 0) is 13.0 Å². The largest absolute Gasteiger partial charge is 0.363 e. The number of anilines is 1. The molecule has 0 fully saturated rings. The minimum atomic E-state index is 0.586. The lowest BCUT2D eigenvalue weighted by atomic mass is 10.1. The number of benzene rings is 1. The summed E-state index contributed by atoms with van der Waals surface area (Å²) in [5, 5.41) is 7.85. The van der Waals surface area contributed by atoms with Gasteiger partial charge in [0.05, 0.1) is 12.1 Å². The van der Waals surface area contributed by atoms with Crippen molar-refractivity contribution in [1.82, 2.24) is 20.6 Å². The number of para-hydroxylation sites is 1. The zero-order valence-corrected chi connectivity index (χ0v) is 16.8. The zero-order chi connectivity index (χ0) is 19.8. The molecule has 0 spiro atoms. The van der Waals surface area contributed by atoms with Crippen LogP contribution in [0, 0.1) is 0 Å². The van der Waals surface area contributed by atoms with Gasteiger partial charge in [-0.05, 0) is 36.8 Å². The van der Waals surface area contributed by atoms with E-state index in [1.807, 2.05) is 61.6 Å². The van der Waals surface area contributed by atoms with Crippen LogP contribution in [0.1, 0.15) is 18.2 Å². The summed E-state index contributed by atoms with van der Waals surface area (Å²) in [5.74, 6) is 1.75. The Kier molecular flexibility index (Phi) is 6.78. The van der Waals surface area contributed by atoms with Crippen LogP contribution in [0.4, 0.5) is 5.82 Å². The van der Waals surface area contributed by atoms with E-state index in [2.05, 4.69) is 34.7 Å². The summed E-state index contributed by atoms with van der Waals surface area (Å²) < 4.78 is 0. The molecular formula is C22H28N6. The molecule has 3 rings (SSSR count). The minimum absolute atomic E-state index is 0.586. The average Bonchev–Trinajstić information content (AvgIpc) is 2.72. The van der Waals surface area contributed by atoms with Gasteiger partial charge in [0.1, 0.15) is 5.82 Å². The number of fused-ring (bicyclic) bond motifs is 1. The number of nitrogens with zero attached hydrogens (tertiary/aromatic N) is 4. The van der Waals surface area contributed by atoms with E-state index in [1.54, 1.807) is 0 Å². The van der Waals surface area contributed by atoms with Crippen LogP contribution in [0.3, 0.4) is 0 Å². The predicted octanol–water partition coefficient (Wildman–Crippen LogP) is 2.99. The van der Waals surface area contributed by atoms with Crippen LogP contribution in [0.15, 0.2) is 59.7 Å². The summed E-state index contributed by atoms with van der Waals surface area (Å²) in [7, 11) is 4.01. The maximum atomic E-state index is 4.79. The van der Waals surface area contributed by atoms with Crippen LogP contribution in [-0.4, -0.2) is 43.1 Å². The summed E-state index contributed by atoms with van der Waals surface area (Å²) in [6.45, 7) is 4.25. The summed E-state index contributed by atoms with van der Waals surface area (Å²) in [4.78, 5) is 15.9. The average molecular weight is 377 g/mol. The van der Waals surface area contributed by atoms with E-state index in [4.69, 9.17) is 9.98 Å². The van der Waals surface area contributed by atoms with E-state index in [0.717, 1.165) is 53.4 Å². The van der Waals surface area contributed by atoms with Gasteiger partial charge in [-0.25, -0.2) is 9.98 Å². The Morgan fingerprint density at radius 2 is 1.89 bits per heavy atom. The monoisotopic (exact) mass is 376 g/mol. The number of aromatic nitrogens is 2. The first-order valence-electron chi connectivity index (χ1n) is 9.65. The topological polar surface area (TPSA) is 65.4 Å². The van der Waals surface area contributed by atoms with Crippen molar-refractivity contribution in [2.75, 3.05) is 32.1 Å². The second-order valence-corrected chi connectivity index (χ2v) is 6.74. The van der Waals surface area contributed by atoms with Crippen LogP contribution >= 0.6 is 0 Å². The highest BCUT2D eigenvalue weighted by Crippen LogP contribution is 2.22. The first-order valence-corrected chi connectivity index (χ1v) is 9.65. The molecule has 2 N–H and O–H groups in total.